The van der Waals surface area contributed by atoms with E-state index in [0.717, 1.165) is 12.7 Å². The van der Waals surface area contributed by atoms with Gasteiger partial charge in [0.05, 0.1) is 0 Å². The summed E-state index contributed by atoms with van der Waals surface area (Å²) in [4.78, 5) is 11.5. The van der Waals surface area contributed by atoms with Crippen LogP contribution >= 0.6 is 0 Å². The fraction of sp³-hybridized carbons (Fsp3) is 0.950. The van der Waals surface area contributed by atoms with E-state index >= 15 is 0 Å². The molecule has 2 atom stereocenters. The first-order chi connectivity index (χ1) is 10.8. The van der Waals surface area contributed by atoms with Gasteiger partial charge in [0.2, 0.25) is 0 Å². The molecular weight excluding hydrogens is 300 g/mol. The van der Waals surface area contributed by atoms with Gasteiger partial charge in [-0.3, -0.25) is 0 Å². The van der Waals surface area contributed by atoms with Crippen LogP contribution in [0, 0.1) is 11.3 Å². The van der Waals surface area contributed by atoms with Gasteiger partial charge in [0.1, 0.15) is 12.4 Å². The zero-order chi connectivity index (χ0) is 17.7. The van der Waals surface area contributed by atoms with Gasteiger partial charge in [-0.25, -0.2) is 0 Å². The van der Waals surface area contributed by atoms with Gasteiger partial charge in [-0.05, 0) is 30.8 Å². The van der Waals surface area contributed by atoms with Crippen LogP contribution in [-0.2, 0) is 9.22 Å². The number of carbonyl (C=O) groups excluding carboxylic acids is 1. The zero-order valence-corrected chi connectivity index (χ0v) is 17.9. The number of carbonyl (C=O) groups is 1. The lowest BCUT2D eigenvalue weighted by molar-refractivity contribution is -0.118. The lowest BCUT2D eigenvalue weighted by atomic mass is 9.75. The summed E-state index contributed by atoms with van der Waals surface area (Å²) in [7, 11) is -1.17. The Morgan fingerprint density at radius 2 is 1.39 bits per heavy atom. The van der Waals surface area contributed by atoms with Gasteiger partial charge in [-0.15, -0.1) is 0 Å². The molecule has 0 rings (SSSR count). The highest BCUT2D eigenvalue weighted by molar-refractivity contribution is 6.48. The van der Waals surface area contributed by atoms with Crippen LogP contribution in [0.25, 0.3) is 0 Å². The number of hydrogen-bond acceptors (Lipinski definition) is 2. The molecule has 0 spiro atoms. The molecule has 0 saturated heterocycles. The average molecular weight is 343 g/mol. The Bertz CT molecular complexity index is 284. The molecule has 0 saturated carbocycles. The molecule has 0 aliphatic rings. The molecule has 138 valence electrons. The lowest BCUT2D eigenvalue weighted by Gasteiger charge is -2.35. The highest BCUT2D eigenvalue weighted by Crippen LogP contribution is 2.34. The third-order valence-corrected chi connectivity index (χ3v) is 5.55. The SMILES string of the molecule is CCCCCCCCCCCC([C@H](C=O)O[SiH](C)C)C(C)(C)C. The van der Waals surface area contributed by atoms with E-state index in [-0.39, 0.29) is 11.5 Å². The van der Waals surface area contributed by atoms with Gasteiger partial charge in [-0.2, -0.15) is 0 Å². The van der Waals surface area contributed by atoms with Gasteiger partial charge in [-0.1, -0.05) is 85.5 Å². The maximum Gasteiger partial charge on any atom is 0.171 e. The molecule has 2 nitrogen and oxygen atoms in total. The molecule has 0 radical (unpaired) electrons. The van der Waals surface area contributed by atoms with Crippen LogP contribution in [0.2, 0.25) is 13.1 Å². The van der Waals surface area contributed by atoms with E-state index < -0.39 is 9.04 Å². The molecule has 0 amide bonds. The minimum absolute atomic E-state index is 0.134. The van der Waals surface area contributed by atoms with Gasteiger partial charge < -0.3 is 9.22 Å². The molecule has 0 N–H and O–H groups in total. The zero-order valence-electron chi connectivity index (χ0n) is 16.7. The number of rotatable bonds is 14. The standard InChI is InChI=1S/C20H42O2Si/c1-7-8-9-10-11-12-13-14-15-16-18(20(2,3)4)19(17-21)22-23(5)6/h17-19,23H,7-16H2,1-6H3/t18?,19-/m0/s1. The third kappa shape index (κ3) is 11.9. The van der Waals surface area contributed by atoms with Crippen LogP contribution in [0.3, 0.4) is 0 Å². The van der Waals surface area contributed by atoms with E-state index in [1.54, 1.807) is 0 Å². The van der Waals surface area contributed by atoms with E-state index in [1.807, 2.05) is 0 Å². The Labute approximate surface area is 147 Å². The van der Waals surface area contributed by atoms with Crippen molar-refractivity contribution in [3.63, 3.8) is 0 Å². The van der Waals surface area contributed by atoms with Crippen molar-refractivity contribution in [2.24, 2.45) is 11.3 Å². The van der Waals surface area contributed by atoms with Crippen LogP contribution < -0.4 is 0 Å². The molecular formula is C20H42O2Si. The minimum Gasteiger partial charge on any atom is -0.411 e. The van der Waals surface area contributed by atoms with Crippen molar-refractivity contribution in [1.82, 2.24) is 0 Å². The molecule has 0 heterocycles. The summed E-state index contributed by atoms with van der Waals surface area (Å²) in [6.07, 6.45) is 14.1. The highest BCUT2D eigenvalue weighted by atomic mass is 28.3. The molecule has 0 fully saturated rings. The van der Waals surface area contributed by atoms with Crippen molar-refractivity contribution in [2.75, 3.05) is 0 Å². The van der Waals surface area contributed by atoms with Crippen LogP contribution in [0.5, 0.6) is 0 Å². The first kappa shape index (κ1) is 22.8. The second-order valence-corrected chi connectivity index (χ2v) is 10.7. The van der Waals surface area contributed by atoms with E-state index in [4.69, 9.17) is 4.43 Å². The summed E-state index contributed by atoms with van der Waals surface area (Å²) in [5, 5.41) is 0. The molecule has 23 heavy (non-hydrogen) atoms. The Kier molecular flexibility index (Phi) is 13.1. The molecule has 0 aliphatic heterocycles. The summed E-state index contributed by atoms with van der Waals surface area (Å²) in [5.41, 5.74) is 0.134. The summed E-state index contributed by atoms with van der Waals surface area (Å²) in [5.74, 6) is 0.347. The normalized spacial score (nSPS) is 14.9. The minimum atomic E-state index is -1.17. The fourth-order valence-electron chi connectivity index (χ4n) is 3.30. The summed E-state index contributed by atoms with van der Waals surface area (Å²) < 4.78 is 5.99. The Hall–Kier alpha value is -0.153. The first-order valence-corrected chi connectivity index (χ1v) is 12.7. The fourth-order valence-corrected chi connectivity index (χ4v) is 4.18. The van der Waals surface area contributed by atoms with Gasteiger partial charge in [0, 0.05) is 0 Å². The Morgan fingerprint density at radius 3 is 1.78 bits per heavy atom. The summed E-state index contributed by atoms with van der Waals surface area (Å²) in [6, 6.07) is 0. The number of hydrogen-bond donors (Lipinski definition) is 0. The van der Waals surface area contributed by atoms with Crippen LogP contribution in [0.1, 0.15) is 91.9 Å². The van der Waals surface area contributed by atoms with Crippen molar-refractivity contribution in [1.29, 1.82) is 0 Å². The van der Waals surface area contributed by atoms with Crippen molar-refractivity contribution >= 4 is 15.3 Å². The Balaban J connectivity index is 4.05. The van der Waals surface area contributed by atoms with Crippen molar-refractivity contribution in [2.45, 2.75) is 111 Å². The maximum absolute atomic E-state index is 11.5. The quantitative estimate of drug-likeness (QED) is 0.215. The average Bonchev–Trinajstić information content (AvgIpc) is 2.46. The predicted molar refractivity (Wildman–Crippen MR) is 105 cm³/mol. The predicted octanol–water partition coefficient (Wildman–Crippen LogP) is 6.14. The van der Waals surface area contributed by atoms with E-state index in [2.05, 4.69) is 40.8 Å². The van der Waals surface area contributed by atoms with E-state index in [1.165, 1.54) is 57.8 Å². The lowest BCUT2D eigenvalue weighted by Crippen LogP contribution is -2.37. The maximum atomic E-state index is 11.5. The monoisotopic (exact) mass is 342 g/mol. The second-order valence-electron chi connectivity index (χ2n) is 8.38. The molecule has 0 aliphatic carbocycles. The number of aldehydes is 1. The topological polar surface area (TPSA) is 26.3 Å². The highest BCUT2D eigenvalue weighted by Gasteiger charge is 2.32. The van der Waals surface area contributed by atoms with Crippen molar-refractivity contribution in [3.8, 4) is 0 Å². The molecule has 3 heteroatoms. The van der Waals surface area contributed by atoms with E-state index in [9.17, 15) is 4.79 Å². The summed E-state index contributed by atoms with van der Waals surface area (Å²) >= 11 is 0. The van der Waals surface area contributed by atoms with Crippen molar-refractivity contribution in [3.05, 3.63) is 0 Å². The molecule has 0 aromatic heterocycles. The van der Waals surface area contributed by atoms with E-state index in [0.29, 0.717) is 5.92 Å². The van der Waals surface area contributed by atoms with Gasteiger partial charge >= 0.3 is 0 Å². The van der Waals surface area contributed by atoms with Crippen LogP contribution in [0.4, 0.5) is 0 Å². The second kappa shape index (κ2) is 13.2. The molecule has 0 bridgehead atoms. The Morgan fingerprint density at radius 1 is 0.913 bits per heavy atom. The third-order valence-electron chi connectivity index (χ3n) is 4.69. The van der Waals surface area contributed by atoms with Gasteiger partial charge in [0.25, 0.3) is 0 Å². The molecule has 1 unspecified atom stereocenters. The van der Waals surface area contributed by atoms with Crippen LogP contribution in [0.15, 0.2) is 0 Å². The smallest absolute Gasteiger partial charge is 0.171 e. The summed E-state index contributed by atoms with van der Waals surface area (Å²) in [6.45, 7) is 13.3. The van der Waals surface area contributed by atoms with Crippen LogP contribution in [-0.4, -0.2) is 21.4 Å². The van der Waals surface area contributed by atoms with Crippen molar-refractivity contribution < 1.29 is 9.22 Å². The largest absolute Gasteiger partial charge is 0.411 e. The van der Waals surface area contributed by atoms with Gasteiger partial charge in [0.15, 0.2) is 9.04 Å². The molecule has 0 aromatic carbocycles. The molecule has 0 aromatic rings. The first-order valence-electron chi connectivity index (χ1n) is 9.93. The number of unbranched alkanes of at least 4 members (excludes halogenated alkanes) is 8.